The van der Waals surface area contributed by atoms with Crippen LogP contribution in [0.4, 0.5) is 0 Å². The van der Waals surface area contributed by atoms with Crippen molar-refractivity contribution in [3.05, 3.63) is 11.9 Å². The third-order valence-corrected chi connectivity index (χ3v) is 5.33. The van der Waals surface area contributed by atoms with Gasteiger partial charge in [-0.25, -0.2) is 13.1 Å². The fourth-order valence-electron chi connectivity index (χ4n) is 1.98. The molecule has 102 valence electrons. The summed E-state index contributed by atoms with van der Waals surface area (Å²) in [5, 5.41) is 6.34. The summed E-state index contributed by atoms with van der Waals surface area (Å²) in [5.74, 6) is 0.229. The van der Waals surface area contributed by atoms with Gasteiger partial charge in [0.05, 0.1) is 17.4 Å². The van der Waals surface area contributed by atoms with Crippen molar-refractivity contribution < 1.29 is 13.2 Å². The van der Waals surface area contributed by atoms with Gasteiger partial charge in [-0.2, -0.15) is 5.10 Å². The van der Waals surface area contributed by atoms with Crippen LogP contribution < -0.4 is 4.72 Å². The summed E-state index contributed by atoms with van der Waals surface area (Å²) in [7, 11) is -3.60. The van der Waals surface area contributed by atoms with Crippen LogP contribution in [0.3, 0.4) is 0 Å². The molecule has 1 aromatic heterocycles. The zero-order valence-electron chi connectivity index (χ0n) is 10.1. The summed E-state index contributed by atoms with van der Waals surface area (Å²) in [6, 6.07) is 0. The van der Waals surface area contributed by atoms with Crippen LogP contribution in [0.1, 0.15) is 18.5 Å². The second-order valence-electron chi connectivity index (χ2n) is 4.49. The first-order chi connectivity index (χ1) is 8.49. The molecule has 0 radical (unpaired) electrons. The number of rotatable bonds is 4. The van der Waals surface area contributed by atoms with Crippen LogP contribution in [0, 0.1) is 6.92 Å². The van der Waals surface area contributed by atoms with Crippen molar-refractivity contribution in [1.29, 1.82) is 0 Å². The molecule has 1 aliphatic rings. The molecule has 2 N–H and O–H groups in total. The van der Waals surface area contributed by atoms with E-state index in [0.29, 0.717) is 31.7 Å². The Hall–Kier alpha value is -0.630. The zero-order valence-corrected chi connectivity index (χ0v) is 11.6. The maximum atomic E-state index is 12.3. The molecule has 8 heteroatoms. The highest BCUT2D eigenvalue weighted by Crippen LogP contribution is 2.25. The fraction of sp³-hybridized carbons (Fsp3) is 0.700. The van der Waals surface area contributed by atoms with E-state index >= 15 is 0 Å². The van der Waals surface area contributed by atoms with E-state index in [1.165, 1.54) is 6.20 Å². The molecule has 0 saturated carbocycles. The number of aromatic nitrogens is 2. The monoisotopic (exact) mass is 293 g/mol. The molecule has 1 fully saturated rings. The molecular weight excluding hydrogens is 278 g/mol. The van der Waals surface area contributed by atoms with Crippen molar-refractivity contribution in [3.8, 4) is 0 Å². The first-order valence-corrected chi connectivity index (χ1v) is 7.69. The number of sulfonamides is 1. The second-order valence-corrected chi connectivity index (χ2v) is 6.41. The summed E-state index contributed by atoms with van der Waals surface area (Å²) in [6.45, 7) is 2.69. The lowest BCUT2D eigenvalue weighted by atomic mass is 9.94. The van der Waals surface area contributed by atoms with Gasteiger partial charge in [0.2, 0.25) is 10.0 Å². The predicted octanol–water partition coefficient (Wildman–Crippen LogP) is 0.784. The summed E-state index contributed by atoms with van der Waals surface area (Å²) in [5.41, 5.74) is -0.109. The van der Waals surface area contributed by atoms with E-state index in [0.717, 1.165) is 0 Å². The normalized spacial score (nSPS) is 19.9. The van der Waals surface area contributed by atoms with Crippen molar-refractivity contribution in [1.82, 2.24) is 14.9 Å². The average molecular weight is 294 g/mol. The number of alkyl halides is 1. The van der Waals surface area contributed by atoms with E-state index in [4.69, 9.17) is 16.3 Å². The summed E-state index contributed by atoms with van der Waals surface area (Å²) < 4.78 is 32.5. The molecule has 0 aliphatic carbocycles. The van der Waals surface area contributed by atoms with E-state index in [2.05, 4.69) is 14.9 Å². The van der Waals surface area contributed by atoms with E-state index in [9.17, 15) is 8.42 Å². The highest BCUT2D eigenvalue weighted by atomic mass is 35.5. The van der Waals surface area contributed by atoms with Gasteiger partial charge in [0.15, 0.2) is 0 Å². The van der Waals surface area contributed by atoms with Gasteiger partial charge < -0.3 is 4.74 Å². The van der Waals surface area contributed by atoms with Gasteiger partial charge in [0.1, 0.15) is 4.90 Å². The first-order valence-electron chi connectivity index (χ1n) is 5.67. The Kier molecular flexibility index (Phi) is 3.96. The molecule has 1 aromatic rings. The lowest BCUT2D eigenvalue weighted by molar-refractivity contribution is 0.0549. The third-order valence-electron chi connectivity index (χ3n) is 3.13. The largest absolute Gasteiger partial charge is 0.381 e. The number of aryl methyl sites for hydroxylation is 1. The van der Waals surface area contributed by atoms with Gasteiger partial charge in [-0.15, -0.1) is 11.6 Å². The van der Waals surface area contributed by atoms with Gasteiger partial charge in [-0.3, -0.25) is 5.10 Å². The standard InChI is InChI=1S/C10H16ClN3O3S/c1-8-9(6-12-13-8)18(15,16)14-10(7-11)2-4-17-5-3-10/h6,14H,2-5,7H2,1H3,(H,12,13). The number of ether oxygens (including phenoxy) is 1. The number of nitrogens with one attached hydrogen (secondary N) is 2. The molecule has 0 spiro atoms. The summed E-state index contributed by atoms with van der Waals surface area (Å²) in [4.78, 5) is 0.165. The van der Waals surface area contributed by atoms with Crippen LogP contribution in [-0.4, -0.2) is 43.2 Å². The Morgan fingerprint density at radius 1 is 1.56 bits per heavy atom. The van der Waals surface area contributed by atoms with E-state index in [1.807, 2.05) is 0 Å². The van der Waals surface area contributed by atoms with Gasteiger partial charge in [-0.1, -0.05) is 0 Å². The molecule has 1 aliphatic heterocycles. The quantitative estimate of drug-likeness (QED) is 0.804. The van der Waals surface area contributed by atoms with Crippen LogP contribution in [0.5, 0.6) is 0 Å². The number of halogens is 1. The topological polar surface area (TPSA) is 84.1 Å². The van der Waals surface area contributed by atoms with E-state index < -0.39 is 15.6 Å². The Balaban J connectivity index is 2.24. The smallest absolute Gasteiger partial charge is 0.244 e. The van der Waals surface area contributed by atoms with Gasteiger partial charge in [0, 0.05) is 19.1 Å². The fourth-order valence-corrected chi connectivity index (χ4v) is 3.99. The molecule has 2 heterocycles. The minimum absolute atomic E-state index is 0.165. The number of hydrogen-bond acceptors (Lipinski definition) is 4. The third kappa shape index (κ3) is 2.69. The summed E-state index contributed by atoms with van der Waals surface area (Å²) >= 11 is 5.94. The van der Waals surface area contributed by atoms with Crippen molar-refractivity contribution in [2.45, 2.75) is 30.2 Å². The highest BCUT2D eigenvalue weighted by Gasteiger charge is 2.37. The molecule has 18 heavy (non-hydrogen) atoms. The average Bonchev–Trinajstić information content (AvgIpc) is 2.77. The predicted molar refractivity (Wildman–Crippen MR) is 67.2 cm³/mol. The number of nitrogens with zero attached hydrogens (tertiary/aromatic N) is 1. The Labute approximate surface area is 111 Å². The minimum Gasteiger partial charge on any atom is -0.381 e. The van der Waals surface area contributed by atoms with Crippen LogP contribution >= 0.6 is 11.6 Å². The molecule has 2 rings (SSSR count). The molecule has 0 bridgehead atoms. The Bertz CT molecular complexity index is 508. The van der Waals surface area contributed by atoms with Crippen molar-refractivity contribution in [2.75, 3.05) is 19.1 Å². The van der Waals surface area contributed by atoms with E-state index in [-0.39, 0.29) is 10.8 Å². The second kappa shape index (κ2) is 5.16. The molecule has 0 aromatic carbocycles. The lowest BCUT2D eigenvalue weighted by Gasteiger charge is -2.35. The zero-order chi connectivity index (χ0) is 13.2. The molecule has 0 unspecified atom stereocenters. The van der Waals surface area contributed by atoms with Gasteiger partial charge in [0.25, 0.3) is 0 Å². The van der Waals surface area contributed by atoms with Crippen molar-refractivity contribution in [2.24, 2.45) is 0 Å². The number of hydrogen-bond donors (Lipinski definition) is 2. The SMILES string of the molecule is Cc1[nH]ncc1S(=O)(=O)NC1(CCl)CCOCC1. The summed E-state index contributed by atoms with van der Waals surface area (Å²) in [6.07, 6.45) is 2.46. The molecule has 0 amide bonds. The number of aromatic amines is 1. The maximum Gasteiger partial charge on any atom is 0.244 e. The molecule has 1 saturated heterocycles. The first kappa shape index (κ1) is 13.8. The highest BCUT2D eigenvalue weighted by molar-refractivity contribution is 7.89. The van der Waals surface area contributed by atoms with Crippen molar-refractivity contribution in [3.63, 3.8) is 0 Å². The molecular formula is C10H16ClN3O3S. The van der Waals surface area contributed by atoms with Crippen molar-refractivity contribution >= 4 is 21.6 Å². The molecule has 0 atom stereocenters. The number of H-pyrrole nitrogens is 1. The van der Waals surface area contributed by atoms with Crippen LogP contribution in [0.25, 0.3) is 0 Å². The Morgan fingerprint density at radius 2 is 2.22 bits per heavy atom. The molecule has 6 nitrogen and oxygen atoms in total. The Morgan fingerprint density at radius 3 is 2.72 bits per heavy atom. The lowest BCUT2D eigenvalue weighted by Crippen LogP contribution is -2.53. The van der Waals surface area contributed by atoms with E-state index in [1.54, 1.807) is 6.92 Å². The van der Waals surface area contributed by atoms with Crippen LogP contribution in [-0.2, 0) is 14.8 Å². The minimum atomic E-state index is -3.60. The van der Waals surface area contributed by atoms with Crippen LogP contribution in [0.2, 0.25) is 0 Å². The maximum absolute atomic E-state index is 12.3. The van der Waals surface area contributed by atoms with Gasteiger partial charge >= 0.3 is 0 Å². The van der Waals surface area contributed by atoms with Crippen LogP contribution in [0.15, 0.2) is 11.1 Å². The van der Waals surface area contributed by atoms with Gasteiger partial charge in [-0.05, 0) is 19.8 Å².